The van der Waals surface area contributed by atoms with Gasteiger partial charge < -0.3 is 14.6 Å². The van der Waals surface area contributed by atoms with Crippen LogP contribution < -0.4 is 5.32 Å². The van der Waals surface area contributed by atoms with Crippen molar-refractivity contribution in [3.05, 3.63) is 23.0 Å². The Labute approximate surface area is 108 Å². The lowest BCUT2D eigenvalue weighted by Crippen LogP contribution is -2.32. The summed E-state index contributed by atoms with van der Waals surface area (Å²) >= 11 is 0. The molecule has 1 saturated heterocycles. The summed E-state index contributed by atoms with van der Waals surface area (Å²) in [4.78, 5) is 11.9. The fraction of sp³-hybridized carbons (Fsp3) is 0.643. The molecule has 1 amide bonds. The van der Waals surface area contributed by atoms with Crippen LogP contribution in [-0.2, 0) is 23.0 Å². The minimum absolute atomic E-state index is 0.0826. The Morgan fingerprint density at radius 3 is 2.89 bits per heavy atom. The van der Waals surface area contributed by atoms with E-state index >= 15 is 0 Å². The van der Waals surface area contributed by atoms with E-state index in [9.17, 15) is 4.79 Å². The maximum Gasteiger partial charge on any atom is 0.224 e. The third-order valence-corrected chi connectivity index (χ3v) is 3.78. The van der Waals surface area contributed by atoms with E-state index in [4.69, 9.17) is 4.74 Å². The number of carbonyl (C=O) groups is 1. The Balaban J connectivity index is 1.84. The first-order chi connectivity index (χ1) is 8.58. The van der Waals surface area contributed by atoms with Gasteiger partial charge in [0.25, 0.3) is 0 Å². The number of aromatic nitrogens is 1. The van der Waals surface area contributed by atoms with Gasteiger partial charge in [-0.2, -0.15) is 0 Å². The number of aryl methyl sites for hydroxylation is 1. The molecule has 1 unspecified atom stereocenters. The largest absolute Gasteiger partial charge is 0.376 e. The number of hydrogen-bond donors (Lipinski definition) is 1. The lowest BCUT2D eigenvalue weighted by atomic mass is 10.1. The third-order valence-electron chi connectivity index (χ3n) is 3.78. The first-order valence-corrected chi connectivity index (χ1v) is 6.58. The molecule has 0 saturated carbocycles. The van der Waals surface area contributed by atoms with Crippen LogP contribution in [-0.4, -0.2) is 29.7 Å². The summed E-state index contributed by atoms with van der Waals surface area (Å²) in [5, 5.41) is 2.96. The van der Waals surface area contributed by atoms with Gasteiger partial charge in [-0.25, -0.2) is 0 Å². The molecule has 4 nitrogen and oxygen atoms in total. The first-order valence-electron chi connectivity index (χ1n) is 6.58. The molecule has 2 rings (SSSR count). The van der Waals surface area contributed by atoms with Crippen LogP contribution in [0.2, 0.25) is 0 Å². The third kappa shape index (κ3) is 2.93. The van der Waals surface area contributed by atoms with E-state index in [2.05, 4.69) is 29.8 Å². The zero-order valence-corrected chi connectivity index (χ0v) is 11.5. The van der Waals surface area contributed by atoms with Gasteiger partial charge in [0.2, 0.25) is 5.91 Å². The van der Waals surface area contributed by atoms with Gasteiger partial charge >= 0.3 is 0 Å². The second kappa shape index (κ2) is 5.57. The van der Waals surface area contributed by atoms with E-state index in [0.717, 1.165) is 25.0 Å². The molecule has 2 heterocycles. The van der Waals surface area contributed by atoms with Gasteiger partial charge in [0, 0.05) is 31.6 Å². The molecule has 1 atom stereocenters. The molecule has 1 N–H and O–H groups in total. The number of rotatable bonds is 4. The number of hydrogen-bond acceptors (Lipinski definition) is 2. The van der Waals surface area contributed by atoms with Gasteiger partial charge in [-0.05, 0) is 38.3 Å². The van der Waals surface area contributed by atoms with Crippen molar-refractivity contribution in [2.75, 3.05) is 13.2 Å². The Morgan fingerprint density at radius 2 is 2.33 bits per heavy atom. The molecular formula is C14H22N2O2. The van der Waals surface area contributed by atoms with Crippen LogP contribution in [0.15, 0.2) is 6.07 Å². The maximum absolute atomic E-state index is 11.9. The van der Waals surface area contributed by atoms with E-state index in [1.807, 2.05) is 7.05 Å². The first kappa shape index (κ1) is 13.1. The Bertz CT molecular complexity index is 431. The van der Waals surface area contributed by atoms with Crippen molar-refractivity contribution in [2.24, 2.45) is 7.05 Å². The highest BCUT2D eigenvalue weighted by molar-refractivity contribution is 5.78. The number of ether oxygens (including phenoxy) is 1. The van der Waals surface area contributed by atoms with Crippen molar-refractivity contribution in [3.8, 4) is 0 Å². The lowest BCUT2D eigenvalue weighted by Gasteiger charge is -2.10. The van der Waals surface area contributed by atoms with Crippen LogP contribution in [0.25, 0.3) is 0 Å². The van der Waals surface area contributed by atoms with Gasteiger partial charge in [0.15, 0.2) is 0 Å². The number of nitrogens with zero attached hydrogens (tertiary/aromatic N) is 1. The van der Waals surface area contributed by atoms with Crippen LogP contribution in [0.4, 0.5) is 0 Å². The van der Waals surface area contributed by atoms with Crippen molar-refractivity contribution < 1.29 is 9.53 Å². The summed E-state index contributed by atoms with van der Waals surface area (Å²) in [6.45, 7) is 5.58. The van der Waals surface area contributed by atoms with E-state index < -0.39 is 0 Å². The molecule has 1 aromatic rings. The van der Waals surface area contributed by atoms with Crippen molar-refractivity contribution >= 4 is 5.91 Å². The molecule has 1 aromatic heterocycles. The van der Waals surface area contributed by atoms with Gasteiger partial charge in [0.05, 0.1) is 12.5 Å². The van der Waals surface area contributed by atoms with Gasteiger partial charge in [0.1, 0.15) is 0 Å². The fourth-order valence-electron chi connectivity index (χ4n) is 2.38. The topological polar surface area (TPSA) is 43.3 Å². The summed E-state index contributed by atoms with van der Waals surface area (Å²) in [7, 11) is 2.03. The summed E-state index contributed by atoms with van der Waals surface area (Å²) < 4.78 is 7.60. The second-order valence-corrected chi connectivity index (χ2v) is 5.07. The molecule has 1 aliphatic heterocycles. The van der Waals surface area contributed by atoms with Gasteiger partial charge in [-0.3, -0.25) is 4.79 Å². The highest BCUT2D eigenvalue weighted by Gasteiger charge is 2.17. The predicted octanol–water partition coefficient (Wildman–Crippen LogP) is 1.48. The normalized spacial score (nSPS) is 19.2. The van der Waals surface area contributed by atoms with E-state index in [0.29, 0.717) is 13.0 Å². The van der Waals surface area contributed by atoms with E-state index in [1.54, 1.807) is 0 Å². The van der Waals surface area contributed by atoms with Crippen LogP contribution in [0.5, 0.6) is 0 Å². The molecule has 0 bridgehead atoms. The monoisotopic (exact) mass is 250 g/mol. The molecule has 0 radical (unpaired) electrons. The van der Waals surface area contributed by atoms with Gasteiger partial charge in [-0.15, -0.1) is 0 Å². The molecular weight excluding hydrogens is 228 g/mol. The van der Waals surface area contributed by atoms with Crippen LogP contribution in [0.1, 0.15) is 29.8 Å². The zero-order valence-electron chi connectivity index (χ0n) is 11.5. The summed E-state index contributed by atoms with van der Waals surface area (Å²) in [6, 6.07) is 2.08. The van der Waals surface area contributed by atoms with E-state index in [1.165, 1.54) is 11.4 Å². The molecule has 18 heavy (non-hydrogen) atoms. The Hall–Kier alpha value is -1.29. The second-order valence-electron chi connectivity index (χ2n) is 5.07. The lowest BCUT2D eigenvalue weighted by molar-refractivity contribution is -0.120. The minimum atomic E-state index is 0.0826. The molecule has 100 valence electrons. The maximum atomic E-state index is 11.9. The Morgan fingerprint density at radius 1 is 1.56 bits per heavy atom. The number of amides is 1. The molecule has 0 spiro atoms. The number of carbonyl (C=O) groups excluding carboxylic acids is 1. The molecule has 4 heteroatoms. The molecule has 1 fully saturated rings. The summed E-state index contributed by atoms with van der Waals surface area (Å²) in [6.07, 6.45) is 2.84. The smallest absolute Gasteiger partial charge is 0.224 e. The molecule has 0 aromatic carbocycles. The van der Waals surface area contributed by atoms with Crippen LogP contribution >= 0.6 is 0 Å². The summed E-state index contributed by atoms with van der Waals surface area (Å²) in [5.74, 6) is 0.0826. The average Bonchev–Trinajstić information content (AvgIpc) is 2.93. The highest BCUT2D eigenvalue weighted by atomic mass is 16.5. The zero-order chi connectivity index (χ0) is 13.1. The van der Waals surface area contributed by atoms with Crippen LogP contribution in [0.3, 0.4) is 0 Å². The highest BCUT2D eigenvalue weighted by Crippen LogP contribution is 2.14. The van der Waals surface area contributed by atoms with Crippen LogP contribution in [0, 0.1) is 13.8 Å². The molecule has 1 aliphatic rings. The van der Waals surface area contributed by atoms with Crippen molar-refractivity contribution in [3.63, 3.8) is 0 Å². The van der Waals surface area contributed by atoms with E-state index in [-0.39, 0.29) is 12.0 Å². The van der Waals surface area contributed by atoms with Crippen molar-refractivity contribution in [1.29, 1.82) is 0 Å². The SMILES string of the molecule is Cc1cc(CC(=O)NCC2CCCO2)c(C)n1C. The molecule has 0 aliphatic carbocycles. The standard InChI is InChI=1S/C14H22N2O2/c1-10-7-12(11(2)16(10)3)8-14(17)15-9-13-5-4-6-18-13/h7,13H,4-6,8-9H2,1-3H3,(H,15,17). The van der Waals surface area contributed by atoms with Crippen molar-refractivity contribution in [1.82, 2.24) is 9.88 Å². The van der Waals surface area contributed by atoms with Crippen molar-refractivity contribution in [2.45, 2.75) is 39.2 Å². The fourth-order valence-corrected chi connectivity index (χ4v) is 2.38. The number of nitrogens with one attached hydrogen (secondary N) is 1. The minimum Gasteiger partial charge on any atom is -0.376 e. The van der Waals surface area contributed by atoms with Gasteiger partial charge in [-0.1, -0.05) is 0 Å². The average molecular weight is 250 g/mol. The summed E-state index contributed by atoms with van der Waals surface area (Å²) in [5.41, 5.74) is 3.47. The predicted molar refractivity (Wildman–Crippen MR) is 70.6 cm³/mol. The quantitative estimate of drug-likeness (QED) is 0.879. The Kier molecular flexibility index (Phi) is 4.07.